The van der Waals surface area contributed by atoms with E-state index in [1.807, 2.05) is 33.9 Å². The molecule has 4 nitrogen and oxygen atoms in total. The van der Waals surface area contributed by atoms with Crippen LogP contribution in [0.2, 0.25) is 23.2 Å². The van der Waals surface area contributed by atoms with Crippen LogP contribution >= 0.6 is 11.6 Å². The van der Waals surface area contributed by atoms with Crippen LogP contribution in [0.3, 0.4) is 0 Å². The van der Waals surface area contributed by atoms with Crippen LogP contribution in [-0.2, 0) is 6.18 Å². The van der Waals surface area contributed by atoms with Crippen molar-refractivity contribution >= 4 is 25.7 Å². The highest BCUT2D eigenvalue weighted by Crippen LogP contribution is 2.42. The first kappa shape index (κ1) is 23.2. The van der Waals surface area contributed by atoms with E-state index in [2.05, 4.69) is 4.98 Å². The van der Waals surface area contributed by atoms with Crippen molar-refractivity contribution in [1.82, 2.24) is 4.98 Å². The second kappa shape index (κ2) is 7.99. The smallest absolute Gasteiger partial charge is 0.419 e. The number of alkyl halides is 3. The summed E-state index contributed by atoms with van der Waals surface area (Å²) in [6.07, 6.45) is -4.68. The Kier molecular flexibility index (Phi) is 6.39. The predicted octanol–water partition coefficient (Wildman–Crippen LogP) is 6.38. The van der Waals surface area contributed by atoms with Crippen LogP contribution in [0.4, 0.5) is 13.2 Å². The number of carbonyl (C=O) groups excluding carboxylic acids is 1. The first-order valence-corrected chi connectivity index (χ1v) is 12.1. The van der Waals surface area contributed by atoms with Gasteiger partial charge in [-0.1, -0.05) is 32.4 Å². The fraction of sp³-hybridized carbons (Fsp3) is 0.400. The van der Waals surface area contributed by atoms with Crippen LogP contribution in [0.5, 0.6) is 11.6 Å². The Labute approximate surface area is 174 Å². The molecule has 0 saturated heterocycles. The molecule has 1 heterocycles. The standard InChI is InChI=1S/C20H23ClF3NO3Si/c1-19(2,3)29(5,6)28-16-10-7-12(11-13(16)20(22,23)24)17(26)15-9-8-14(21)18(25-15)27-4/h7-11H,1-6H3. The molecule has 9 heteroatoms. The van der Waals surface area contributed by atoms with Gasteiger partial charge in [-0.15, -0.1) is 0 Å². The van der Waals surface area contributed by atoms with E-state index in [0.717, 1.165) is 6.07 Å². The third-order valence-corrected chi connectivity index (χ3v) is 9.59. The molecule has 0 unspecified atom stereocenters. The molecule has 1 aromatic carbocycles. The molecule has 0 aliphatic heterocycles. The molecule has 0 aliphatic rings. The molecule has 0 spiro atoms. The van der Waals surface area contributed by atoms with Gasteiger partial charge in [0.25, 0.3) is 0 Å². The first-order valence-electron chi connectivity index (χ1n) is 8.83. The highest BCUT2D eigenvalue weighted by Gasteiger charge is 2.42. The number of hydrogen-bond donors (Lipinski definition) is 0. The van der Waals surface area contributed by atoms with Crippen molar-refractivity contribution in [3.63, 3.8) is 0 Å². The number of aromatic nitrogens is 1. The summed E-state index contributed by atoms with van der Waals surface area (Å²) in [5.41, 5.74) is -1.22. The summed E-state index contributed by atoms with van der Waals surface area (Å²) in [4.78, 5) is 16.7. The lowest BCUT2D eigenvalue weighted by Gasteiger charge is -2.37. The summed E-state index contributed by atoms with van der Waals surface area (Å²) in [7, 11) is -1.18. The third-order valence-electron chi connectivity index (χ3n) is 4.96. The fourth-order valence-electron chi connectivity index (χ4n) is 2.25. The molecule has 2 rings (SSSR count). The third kappa shape index (κ3) is 5.11. The van der Waals surface area contributed by atoms with Gasteiger partial charge >= 0.3 is 6.18 Å². The van der Waals surface area contributed by atoms with E-state index in [0.29, 0.717) is 0 Å². The number of ketones is 1. The lowest BCUT2D eigenvalue weighted by atomic mass is 10.0. The molecule has 0 bridgehead atoms. The predicted molar refractivity (Wildman–Crippen MR) is 109 cm³/mol. The molecule has 2 aromatic rings. The number of carbonyl (C=O) groups is 1. The SMILES string of the molecule is COc1nc(C(=O)c2ccc(O[Si](C)(C)C(C)(C)C)c(C(F)(F)F)c2)ccc1Cl. The highest BCUT2D eigenvalue weighted by atomic mass is 35.5. The Balaban J connectivity index is 2.50. The largest absolute Gasteiger partial charge is 0.543 e. The summed E-state index contributed by atoms with van der Waals surface area (Å²) in [5, 5.41) is -0.0909. The van der Waals surface area contributed by atoms with E-state index >= 15 is 0 Å². The number of benzene rings is 1. The molecular weight excluding hydrogens is 423 g/mol. The fourth-order valence-corrected chi connectivity index (χ4v) is 3.47. The van der Waals surface area contributed by atoms with Crippen LogP contribution in [0.25, 0.3) is 0 Å². The van der Waals surface area contributed by atoms with Crippen molar-refractivity contribution < 1.29 is 27.1 Å². The van der Waals surface area contributed by atoms with Crippen molar-refractivity contribution in [3.8, 4) is 11.6 Å². The maximum atomic E-state index is 13.7. The number of methoxy groups -OCH3 is 1. The van der Waals surface area contributed by atoms with E-state index in [1.165, 1.54) is 31.4 Å². The van der Waals surface area contributed by atoms with Gasteiger partial charge in [0.2, 0.25) is 20.0 Å². The van der Waals surface area contributed by atoms with Gasteiger partial charge in [0.15, 0.2) is 0 Å². The maximum Gasteiger partial charge on any atom is 0.419 e. The lowest BCUT2D eigenvalue weighted by Crippen LogP contribution is -2.44. The van der Waals surface area contributed by atoms with Crippen LogP contribution in [0, 0.1) is 0 Å². The quantitative estimate of drug-likeness (QED) is 0.396. The molecule has 0 N–H and O–H groups in total. The highest BCUT2D eigenvalue weighted by molar-refractivity contribution is 6.74. The van der Waals surface area contributed by atoms with Crippen molar-refractivity contribution in [2.75, 3.05) is 7.11 Å². The minimum atomic E-state index is -4.68. The Hall–Kier alpha value is -2.06. The lowest BCUT2D eigenvalue weighted by molar-refractivity contribution is -0.138. The second-order valence-electron chi connectivity index (χ2n) is 8.09. The van der Waals surface area contributed by atoms with Gasteiger partial charge in [-0.2, -0.15) is 13.2 Å². The monoisotopic (exact) mass is 445 g/mol. The van der Waals surface area contributed by atoms with E-state index in [4.69, 9.17) is 20.8 Å². The van der Waals surface area contributed by atoms with Gasteiger partial charge in [-0.05, 0) is 48.5 Å². The van der Waals surface area contributed by atoms with Crippen LogP contribution in [0.1, 0.15) is 42.4 Å². The van der Waals surface area contributed by atoms with Gasteiger partial charge in [0, 0.05) is 5.56 Å². The summed E-state index contributed by atoms with van der Waals surface area (Å²) in [6.45, 7) is 9.52. The summed E-state index contributed by atoms with van der Waals surface area (Å²) >= 11 is 5.89. The van der Waals surface area contributed by atoms with Gasteiger partial charge in [0.1, 0.15) is 16.5 Å². The second-order valence-corrected chi connectivity index (χ2v) is 13.2. The number of hydrogen-bond acceptors (Lipinski definition) is 4. The molecule has 158 valence electrons. The Morgan fingerprint density at radius 1 is 1.10 bits per heavy atom. The molecule has 0 aliphatic carbocycles. The normalized spacial score (nSPS) is 12.6. The molecule has 0 amide bonds. The van der Waals surface area contributed by atoms with Gasteiger partial charge in [0.05, 0.1) is 12.7 Å². The molecule has 1 aromatic heterocycles. The van der Waals surface area contributed by atoms with Crippen molar-refractivity contribution in [1.29, 1.82) is 0 Å². The number of halogens is 4. The molecule has 0 atom stereocenters. The molecular formula is C20H23ClF3NO3Si. The van der Waals surface area contributed by atoms with Crippen molar-refractivity contribution in [3.05, 3.63) is 52.2 Å². The van der Waals surface area contributed by atoms with Crippen LogP contribution < -0.4 is 9.16 Å². The zero-order valence-electron chi connectivity index (χ0n) is 17.1. The zero-order valence-corrected chi connectivity index (χ0v) is 18.8. The van der Waals surface area contributed by atoms with Gasteiger partial charge in [-0.3, -0.25) is 4.79 Å². The minimum Gasteiger partial charge on any atom is -0.543 e. The van der Waals surface area contributed by atoms with E-state index in [1.54, 1.807) is 0 Å². The van der Waals surface area contributed by atoms with Crippen molar-refractivity contribution in [2.45, 2.75) is 45.1 Å². The number of nitrogens with zero attached hydrogens (tertiary/aromatic N) is 1. The van der Waals surface area contributed by atoms with Gasteiger partial charge in [-0.25, -0.2) is 4.98 Å². The number of ether oxygens (including phenoxy) is 1. The Morgan fingerprint density at radius 3 is 2.24 bits per heavy atom. The molecule has 0 radical (unpaired) electrons. The van der Waals surface area contributed by atoms with Gasteiger partial charge < -0.3 is 9.16 Å². The molecule has 0 saturated carbocycles. The average molecular weight is 446 g/mol. The van der Waals surface area contributed by atoms with E-state index in [9.17, 15) is 18.0 Å². The Morgan fingerprint density at radius 2 is 1.72 bits per heavy atom. The van der Waals surface area contributed by atoms with E-state index < -0.39 is 25.8 Å². The minimum absolute atomic E-state index is 0.0199. The first-order chi connectivity index (χ1) is 13.2. The zero-order chi connectivity index (χ0) is 22.2. The van der Waals surface area contributed by atoms with Crippen LogP contribution in [0.15, 0.2) is 30.3 Å². The molecule has 29 heavy (non-hydrogen) atoms. The topological polar surface area (TPSA) is 48.4 Å². The number of pyridine rings is 1. The number of rotatable bonds is 5. The van der Waals surface area contributed by atoms with Crippen molar-refractivity contribution in [2.24, 2.45) is 0 Å². The van der Waals surface area contributed by atoms with Crippen LogP contribution in [-0.4, -0.2) is 26.2 Å². The summed E-state index contributed by atoms with van der Waals surface area (Å²) in [5.74, 6) is -0.932. The Bertz CT molecular complexity index is 924. The maximum absolute atomic E-state index is 13.7. The van der Waals surface area contributed by atoms with E-state index in [-0.39, 0.29) is 32.9 Å². The molecule has 0 fully saturated rings. The summed E-state index contributed by atoms with van der Waals surface area (Å²) in [6, 6.07) is 6.04. The summed E-state index contributed by atoms with van der Waals surface area (Å²) < 4.78 is 52.0. The average Bonchev–Trinajstić information content (AvgIpc) is 2.59.